The molecule has 4 unspecified atom stereocenters. The first kappa shape index (κ1) is 15.2. The van der Waals surface area contributed by atoms with E-state index in [9.17, 15) is 5.11 Å². The highest BCUT2D eigenvalue weighted by atomic mass is 16.5. The van der Waals surface area contributed by atoms with Crippen LogP contribution in [0.5, 0.6) is 11.5 Å². The van der Waals surface area contributed by atoms with Crippen LogP contribution in [0.15, 0.2) is 24.3 Å². The zero-order valence-electron chi connectivity index (χ0n) is 12.7. The minimum absolute atomic E-state index is 0.103. The summed E-state index contributed by atoms with van der Waals surface area (Å²) < 4.78 is 11.5. The molecule has 4 atom stereocenters. The average molecular weight is 278 g/mol. The van der Waals surface area contributed by atoms with Gasteiger partial charge in [0.2, 0.25) is 0 Å². The van der Waals surface area contributed by atoms with Crippen molar-refractivity contribution in [1.29, 1.82) is 0 Å². The summed E-state index contributed by atoms with van der Waals surface area (Å²) in [7, 11) is 0. The average Bonchev–Trinajstić information content (AvgIpc) is 2.42. The molecule has 0 bridgehead atoms. The molecule has 112 valence electrons. The summed E-state index contributed by atoms with van der Waals surface area (Å²) in [4.78, 5) is 0. The van der Waals surface area contributed by atoms with Crippen molar-refractivity contribution in [2.24, 2.45) is 11.8 Å². The second-order valence-corrected chi connectivity index (χ2v) is 6.02. The van der Waals surface area contributed by atoms with E-state index in [4.69, 9.17) is 9.47 Å². The molecule has 3 heteroatoms. The number of hydrogen-bond donors (Lipinski definition) is 1. The maximum absolute atomic E-state index is 10.2. The van der Waals surface area contributed by atoms with E-state index < -0.39 is 0 Å². The van der Waals surface area contributed by atoms with Crippen LogP contribution in [-0.2, 0) is 0 Å². The molecule has 0 aliphatic heterocycles. The van der Waals surface area contributed by atoms with Crippen LogP contribution in [-0.4, -0.2) is 23.9 Å². The largest absolute Gasteiger partial charge is 0.494 e. The highest BCUT2D eigenvalue weighted by Gasteiger charge is 2.34. The normalized spacial score (nSPS) is 30.0. The SMILES string of the molecule is CCCOc1ccc(OC2C(C)CC(C)CC2O)cc1. The molecule has 0 radical (unpaired) electrons. The second-order valence-electron chi connectivity index (χ2n) is 6.02. The third kappa shape index (κ3) is 3.89. The Hall–Kier alpha value is -1.22. The lowest BCUT2D eigenvalue weighted by atomic mass is 9.79. The molecule has 1 aliphatic rings. The van der Waals surface area contributed by atoms with Crippen LogP contribution in [0.2, 0.25) is 0 Å². The van der Waals surface area contributed by atoms with Crippen LogP contribution >= 0.6 is 0 Å². The van der Waals surface area contributed by atoms with Crippen molar-refractivity contribution in [2.45, 2.75) is 52.2 Å². The Kier molecular flexibility index (Phi) is 5.30. The Morgan fingerprint density at radius 2 is 1.75 bits per heavy atom. The van der Waals surface area contributed by atoms with Gasteiger partial charge in [0.15, 0.2) is 0 Å². The van der Waals surface area contributed by atoms with Crippen molar-refractivity contribution in [3.63, 3.8) is 0 Å². The van der Waals surface area contributed by atoms with Crippen molar-refractivity contribution in [1.82, 2.24) is 0 Å². The molecule has 3 nitrogen and oxygen atoms in total. The number of benzene rings is 1. The Labute approximate surface area is 121 Å². The third-order valence-electron chi connectivity index (χ3n) is 3.93. The Balaban J connectivity index is 1.95. The summed E-state index contributed by atoms with van der Waals surface area (Å²) in [5.74, 6) is 2.62. The lowest BCUT2D eigenvalue weighted by molar-refractivity contribution is -0.0388. The predicted octanol–water partition coefficient (Wildman–Crippen LogP) is 3.65. The Morgan fingerprint density at radius 1 is 1.10 bits per heavy atom. The molecule has 1 aliphatic carbocycles. The molecule has 0 heterocycles. The highest BCUT2D eigenvalue weighted by molar-refractivity contribution is 5.31. The molecule has 1 N–H and O–H groups in total. The summed E-state index contributed by atoms with van der Waals surface area (Å²) in [5, 5.41) is 10.2. The smallest absolute Gasteiger partial charge is 0.127 e. The van der Waals surface area contributed by atoms with Gasteiger partial charge in [-0.2, -0.15) is 0 Å². The first-order valence-corrected chi connectivity index (χ1v) is 7.67. The van der Waals surface area contributed by atoms with Gasteiger partial charge in [0.25, 0.3) is 0 Å². The number of hydrogen-bond acceptors (Lipinski definition) is 3. The molecule has 2 rings (SSSR count). The standard InChI is InChI=1S/C17H26O3/c1-4-9-19-14-5-7-15(8-6-14)20-17-13(3)10-12(2)11-16(17)18/h5-8,12-13,16-18H,4,9-11H2,1-3H3. The zero-order chi connectivity index (χ0) is 14.5. The predicted molar refractivity (Wildman–Crippen MR) is 80.2 cm³/mol. The van der Waals surface area contributed by atoms with Gasteiger partial charge in [-0.1, -0.05) is 20.8 Å². The molecule has 1 fully saturated rings. The summed E-state index contributed by atoms with van der Waals surface area (Å²) in [6.07, 6.45) is 2.47. The maximum atomic E-state index is 10.2. The van der Waals surface area contributed by atoms with Gasteiger partial charge >= 0.3 is 0 Å². The van der Waals surface area contributed by atoms with Crippen LogP contribution in [0.3, 0.4) is 0 Å². The van der Waals surface area contributed by atoms with Crippen LogP contribution < -0.4 is 9.47 Å². The first-order valence-electron chi connectivity index (χ1n) is 7.67. The van der Waals surface area contributed by atoms with E-state index in [2.05, 4.69) is 20.8 Å². The molecule has 0 saturated heterocycles. The fourth-order valence-corrected chi connectivity index (χ4v) is 2.98. The van der Waals surface area contributed by atoms with Gasteiger partial charge in [-0.15, -0.1) is 0 Å². The molecule has 0 amide bonds. The lowest BCUT2D eigenvalue weighted by Gasteiger charge is -2.36. The number of aliphatic hydroxyl groups is 1. The lowest BCUT2D eigenvalue weighted by Crippen LogP contribution is -2.43. The summed E-state index contributed by atoms with van der Waals surface area (Å²) in [6.45, 7) is 7.17. The minimum Gasteiger partial charge on any atom is -0.494 e. The summed E-state index contributed by atoms with van der Waals surface area (Å²) >= 11 is 0. The van der Waals surface area contributed by atoms with Gasteiger partial charge in [0.05, 0.1) is 12.7 Å². The topological polar surface area (TPSA) is 38.7 Å². The number of aliphatic hydroxyl groups excluding tert-OH is 1. The molecular weight excluding hydrogens is 252 g/mol. The zero-order valence-corrected chi connectivity index (χ0v) is 12.7. The van der Waals surface area contributed by atoms with Crippen molar-refractivity contribution in [2.75, 3.05) is 6.61 Å². The van der Waals surface area contributed by atoms with Gasteiger partial charge in [0.1, 0.15) is 17.6 Å². The van der Waals surface area contributed by atoms with Crippen LogP contribution in [0.25, 0.3) is 0 Å². The maximum Gasteiger partial charge on any atom is 0.127 e. The molecule has 1 aromatic rings. The van der Waals surface area contributed by atoms with Crippen molar-refractivity contribution < 1.29 is 14.6 Å². The quantitative estimate of drug-likeness (QED) is 0.893. The van der Waals surface area contributed by atoms with E-state index in [0.717, 1.165) is 37.4 Å². The number of rotatable bonds is 5. The van der Waals surface area contributed by atoms with E-state index in [-0.39, 0.29) is 12.2 Å². The molecule has 0 aromatic heterocycles. The fourth-order valence-electron chi connectivity index (χ4n) is 2.98. The monoisotopic (exact) mass is 278 g/mol. The van der Waals surface area contributed by atoms with E-state index >= 15 is 0 Å². The Morgan fingerprint density at radius 3 is 2.35 bits per heavy atom. The van der Waals surface area contributed by atoms with Gasteiger partial charge < -0.3 is 14.6 Å². The minimum atomic E-state index is -0.371. The second kappa shape index (κ2) is 6.98. The van der Waals surface area contributed by atoms with E-state index in [0.29, 0.717) is 11.8 Å². The van der Waals surface area contributed by atoms with Crippen molar-refractivity contribution in [3.05, 3.63) is 24.3 Å². The fraction of sp³-hybridized carbons (Fsp3) is 0.647. The highest BCUT2D eigenvalue weighted by Crippen LogP contribution is 2.32. The van der Waals surface area contributed by atoms with Crippen LogP contribution in [0.1, 0.15) is 40.0 Å². The molecule has 0 spiro atoms. The van der Waals surface area contributed by atoms with E-state index in [1.54, 1.807) is 0 Å². The summed E-state index contributed by atoms with van der Waals surface area (Å²) in [5.41, 5.74) is 0. The Bertz CT molecular complexity index is 389. The van der Waals surface area contributed by atoms with Gasteiger partial charge in [-0.3, -0.25) is 0 Å². The van der Waals surface area contributed by atoms with Gasteiger partial charge in [-0.05, 0) is 55.4 Å². The first-order chi connectivity index (χ1) is 9.60. The third-order valence-corrected chi connectivity index (χ3v) is 3.93. The summed E-state index contributed by atoms with van der Waals surface area (Å²) in [6, 6.07) is 7.69. The molecule has 1 saturated carbocycles. The van der Waals surface area contributed by atoms with Gasteiger partial charge in [0, 0.05) is 0 Å². The van der Waals surface area contributed by atoms with Gasteiger partial charge in [-0.25, -0.2) is 0 Å². The van der Waals surface area contributed by atoms with Crippen LogP contribution in [0.4, 0.5) is 0 Å². The number of ether oxygens (including phenoxy) is 2. The van der Waals surface area contributed by atoms with E-state index in [1.165, 1.54) is 0 Å². The van der Waals surface area contributed by atoms with Crippen LogP contribution in [0, 0.1) is 11.8 Å². The molecular formula is C17H26O3. The van der Waals surface area contributed by atoms with E-state index in [1.807, 2.05) is 24.3 Å². The van der Waals surface area contributed by atoms with Crippen molar-refractivity contribution >= 4 is 0 Å². The molecule has 1 aromatic carbocycles. The van der Waals surface area contributed by atoms with Crippen molar-refractivity contribution in [3.8, 4) is 11.5 Å². The molecule has 20 heavy (non-hydrogen) atoms.